The number of rotatable bonds is 4. The van der Waals surface area contributed by atoms with Gasteiger partial charge in [0, 0.05) is 10.9 Å². The molecule has 0 radical (unpaired) electrons. The van der Waals surface area contributed by atoms with Crippen molar-refractivity contribution in [3.05, 3.63) is 45.9 Å². The Morgan fingerprint density at radius 2 is 2.24 bits per heavy atom. The van der Waals surface area contributed by atoms with Gasteiger partial charge in [0.05, 0.1) is 29.2 Å². The molecule has 0 aliphatic rings. The van der Waals surface area contributed by atoms with Gasteiger partial charge in [0.15, 0.2) is 0 Å². The summed E-state index contributed by atoms with van der Waals surface area (Å²) in [6.07, 6.45) is 0. The molecule has 21 heavy (non-hydrogen) atoms. The average Bonchev–Trinajstić information content (AvgIpc) is 2.97. The number of sulfonamides is 1. The van der Waals surface area contributed by atoms with Gasteiger partial charge in [-0.05, 0) is 30.7 Å². The molecule has 0 bridgehead atoms. The molecule has 0 aliphatic carbocycles. The van der Waals surface area contributed by atoms with Gasteiger partial charge in [0.25, 0.3) is 0 Å². The lowest BCUT2D eigenvalue weighted by atomic mass is 10.1. The van der Waals surface area contributed by atoms with Gasteiger partial charge >= 0.3 is 0 Å². The number of nitrogens with one attached hydrogen (secondary N) is 1. The van der Waals surface area contributed by atoms with E-state index in [0.717, 1.165) is 11.1 Å². The topological polar surface area (TPSA) is 85.1 Å². The second-order valence-electron chi connectivity index (χ2n) is 4.29. The molecule has 0 spiro atoms. The fraction of sp³-hybridized carbons (Fsp3) is 0.214. The summed E-state index contributed by atoms with van der Waals surface area (Å²) in [5, 5.41) is 1.80. The number of aromatic nitrogens is 1. The molecule has 0 fully saturated rings. The molecule has 0 saturated carbocycles. The molecule has 5 nitrogen and oxygen atoms in total. The SMILES string of the molecule is Cc1cc(S(=O)(=O)NCc2cscn2)ccc1C#CCN. The summed E-state index contributed by atoms with van der Waals surface area (Å²) >= 11 is 1.43. The van der Waals surface area contributed by atoms with E-state index >= 15 is 0 Å². The normalized spacial score (nSPS) is 11.0. The lowest BCUT2D eigenvalue weighted by molar-refractivity contribution is 0.580. The zero-order valence-corrected chi connectivity index (χ0v) is 13.1. The molecular weight excluding hydrogens is 306 g/mol. The quantitative estimate of drug-likeness (QED) is 0.830. The highest BCUT2D eigenvalue weighted by molar-refractivity contribution is 7.89. The summed E-state index contributed by atoms with van der Waals surface area (Å²) < 4.78 is 27.0. The van der Waals surface area contributed by atoms with E-state index in [1.807, 2.05) is 6.92 Å². The van der Waals surface area contributed by atoms with E-state index in [2.05, 4.69) is 21.5 Å². The Kier molecular flexibility index (Phi) is 5.09. The fourth-order valence-electron chi connectivity index (χ4n) is 1.67. The van der Waals surface area contributed by atoms with Crippen LogP contribution in [0.3, 0.4) is 0 Å². The van der Waals surface area contributed by atoms with E-state index in [0.29, 0.717) is 5.69 Å². The summed E-state index contributed by atoms with van der Waals surface area (Å²) in [5.74, 6) is 5.66. The van der Waals surface area contributed by atoms with Crippen LogP contribution < -0.4 is 10.5 Å². The second-order valence-corrected chi connectivity index (χ2v) is 6.77. The van der Waals surface area contributed by atoms with Gasteiger partial charge in [-0.25, -0.2) is 18.1 Å². The standard InChI is InChI=1S/C14H15N3O2S2/c1-11-7-14(5-4-12(11)3-2-6-15)21(18,19)17-8-13-9-20-10-16-13/h4-5,7,9-10,17H,6,8,15H2,1H3. The third-order valence-electron chi connectivity index (χ3n) is 2.76. The summed E-state index contributed by atoms with van der Waals surface area (Å²) in [6, 6.07) is 4.83. The Bertz CT molecular complexity index is 772. The number of thiazole rings is 1. The van der Waals surface area contributed by atoms with Gasteiger partial charge in [0.2, 0.25) is 10.0 Å². The smallest absolute Gasteiger partial charge is 0.240 e. The molecule has 3 N–H and O–H groups in total. The van der Waals surface area contributed by atoms with Gasteiger partial charge < -0.3 is 5.73 Å². The summed E-state index contributed by atoms with van der Waals surface area (Å²) in [4.78, 5) is 4.26. The van der Waals surface area contributed by atoms with Crippen molar-refractivity contribution in [2.45, 2.75) is 18.4 Å². The van der Waals surface area contributed by atoms with E-state index in [4.69, 9.17) is 5.73 Å². The maximum Gasteiger partial charge on any atom is 0.240 e. The molecule has 1 heterocycles. The first kappa shape index (κ1) is 15.7. The maximum absolute atomic E-state index is 12.2. The Hall–Kier alpha value is -1.72. The van der Waals surface area contributed by atoms with Crippen molar-refractivity contribution >= 4 is 21.4 Å². The van der Waals surface area contributed by atoms with Crippen molar-refractivity contribution in [3.63, 3.8) is 0 Å². The van der Waals surface area contributed by atoms with Gasteiger partial charge in [0.1, 0.15) is 0 Å². The molecule has 110 valence electrons. The molecule has 0 atom stereocenters. The highest BCUT2D eigenvalue weighted by Gasteiger charge is 2.15. The second kappa shape index (κ2) is 6.83. The maximum atomic E-state index is 12.2. The molecule has 0 saturated heterocycles. The van der Waals surface area contributed by atoms with Crippen LogP contribution in [0.5, 0.6) is 0 Å². The summed E-state index contributed by atoms with van der Waals surface area (Å²) in [5.41, 5.74) is 9.27. The Morgan fingerprint density at radius 1 is 1.43 bits per heavy atom. The van der Waals surface area contributed by atoms with E-state index in [1.165, 1.54) is 17.4 Å². The van der Waals surface area contributed by atoms with Crippen LogP contribution in [-0.4, -0.2) is 19.9 Å². The largest absolute Gasteiger partial charge is 0.320 e. The van der Waals surface area contributed by atoms with E-state index < -0.39 is 10.0 Å². The molecule has 0 unspecified atom stereocenters. The fourth-order valence-corrected chi connectivity index (χ4v) is 3.31. The Morgan fingerprint density at radius 3 is 2.86 bits per heavy atom. The van der Waals surface area contributed by atoms with Crippen LogP contribution in [0, 0.1) is 18.8 Å². The molecule has 1 aromatic heterocycles. The van der Waals surface area contributed by atoms with Gasteiger partial charge in [-0.3, -0.25) is 0 Å². The van der Waals surface area contributed by atoms with Crippen LogP contribution >= 0.6 is 11.3 Å². The minimum Gasteiger partial charge on any atom is -0.320 e. The van der Waals surface area contributed by atoms with Crippen molar-refractivity contribution < 1.29 is 8.42 Å². The lowest BCUT2D eigenvalue weighted by Crippen LogP contribution is -2.23. The molecular formula is C14H15N3O2S2. The Labute approximate surface area is 128 Å². The number of nitrogens with two attached hydrogens (primary N) is 1. The van der Waals surface area contributed by atoms with E-state index in [1.54, 1.807) is 23.0 Å². The van der Waals surface area contributed by atoms with Crippen molar-refractivity contribution in [1.29, 1.82) is 0 Å². The van der Waals surface area contributed by atoms with E-state index in [9.17, 15) is 8.42 Å². The molecule has 2 aromatic rings. The predicted octanol–water partition coefficient (Wildman–Crippen LogP) is 1.24. The molecule has 0 aliphatic heterocycles. The van der Waals surface area contributed by atoms with Crippen molar-refractivity contribution in [3.8, 4) is 11.8 Å². The zero-order chi connectivity index (χ0) is 15.3. The summed E-state index contributed by atoms with van der Waals surface area (Å²) in [7, 11) is -3.55. The first-order valence-corrected chi connectivity index (χ1v) is 8.62. The summed E-state index contributed by atoms with van der Waals surface area (Å²) in [6.45, 7) is 2.27. The third-order valence-corrected chi connectivity index (χ3v) is 4.79. The lowest BCUT2D eigenvalue weighted by Gasteiger charge is -2.07. The van der Waals surface area contributed by atoms with Gasteiger partial charge in [-0.15, -0.1) is 11.3 Å². The minimum absolute atomic E-state index is 0.180. The zero-order valence-electron chi connectivity index (χ0n) is 11.5. The minimum atomic E-state index is -3.55. The van der Waals surface area contributed by atoms with Crippen molar-refractivity contribution in [1.82, 2.24) is 9.71 Å². The van der Waals surface area contributed by atoms with Crippen molar-refractivity contribution in [2.24, 2.45) is 5.73 Å². The van der Waals surface area contributed by atoms with Crippen LogP contribution in [0.15, 0.2) is 34.0 Å². The Balaban J connectivity index is 2.18. The van der Waals surface area contributed by atoms with Gasteiger partial charge in [-0.2, -0.15) is 0 Å². The third kappa shape index (κ3) is 4.12. The number of hydrogen-bond donors (Lipinski definition) is 2. The monoisotopic (exact) mass is 321 g/mol. The highest BCUT2D eigenvalue weighted by atomic mass is 32.2. The number of aryl methyl sites for hydroxylation is 1. The first-order chi connectivity index (χ1) is 10.0. The van der Waals surface area contributed by atoms with Crippen LogP contribution in [0.25, 0.3) is 0 Å². The highest BCUT2D eigenvalue weighted by Crippen LogP contribution is 2.15. The number of hydrogen-bond acceptors (Lipinski definition) is 5. The van der Waals surface area contributed by atoms with Gasteiger partial charge in [-0.1, -0.05) is 11.8 Å². The average molecular weight is 321 g/mol. The van der Waals surface area contributed by atoms with Crippen LogP contribution in [0.4, 0.5) is 0 Å². The van der Waals surface area contributed by atoms with Crippen molar-refractivity contribution in [2.75, 3.05) is 6.54 Å². The molecule has 0 amide bonds. The molecule has 1 aromatic carbocycles. The number of benzene rings is 1. The van der Waals surface area contributed by atoms with Crippen LogP contribution in [0.1, 0.15) is 16.8 Å². The number of nitrogens with zero attached hydrogens (tertiary/aromatic N) is 1. The predicted molar refractivity (Wildman–Crippen MR) is 83.3 cm³/mol. The molecule has 7 heteroatoms. The first-order valence-electron chi connectivity index (χ1n) is 6.19. The molecule has 2 rings (SSSR count). The van der Waals surface area contributed by atoms with E-state index in [-0.39, 0.29) is 18.0 Å². The van der Waals surface area contributed by atoms with Crippen LogP contribution in [0.2, 0.25) is 0 Å². The van der Waals surface area contributed by atoms with Crippen LogP contribution in [-0.2, 0) is 16.6 Å².